The molecule has 1 aromatic carbocycles. The predicted octanol–water partition coefficient (Wildman–Crippen LogP) is 3.03. The van der Waals surface area contributed by atoms with Crippen molar-refractivity contribution in [2.45, 2.75) is 46.2 Å². The number of hydrogen-bond donors (Lipinski definition) is 2. The van der Waals surface area contributed by atoms with Gasteiger partial charge >= 0.3 is 0 Å². The van der Waals surface area contributed by atoms with E-state index in [1.165, 1.54) is 5.56 Å². The first-order valence-corrected chi connectivity index (χ1v) is 7.00. The molecule has 1 aromatic heterocycles. The molecule has 0 saturated heterocycles. The SMILES string of the molecule is CC(NC(CC(C)(C)C)c1ccccc1)c1nn[nH]n1. The van der Waals surface area contributed by atoms with Gasteiger partial charge in [0.15, 0.2) is 5.82 Å². The average Bonchev–Trinajstić information content (AvgIpc) is 2.91. The minimum atomic E-state index is 0.0568. The third-order valence-corrected chi connectivity index (χ3v) is 3.22. The van der Waals surface area contributed by atoms with E-state index in [1.54, 1.807) is 0 Å². The van der Waals surface area contributed by atoms with Crippen molar-refractivity contribution in [2.75, 3.05) is 0 Å². The van der Waals surface area contributed by atoms with Crippen LogP contribution in [0, 0.1) is 5.41 Å². The second kappa shape index (κ2) is 6.13. The van der Waals surface area contributed by atoms with Crippen LogP contribution in [0.15, 0.2) is 30.3 Å². The van der Waals surface area contributed by atoms with Gasteiger partial charge in [-0.25, -0.2) is 0 Å². The second-order valence-electron chi connectivity index (χ2n) is 6.39. The average molecular weight is 273 g/mol. The van der Waals surface area contributed by atoms with Gasteiger partial charge in [0, 0.05) is 6.04 Å². The van der Waals surface area contributed by atoms with Gasteiger partial charge in [-0.15, -0.1) is 10.2 Å². The fourth-order valence-corrected chi connectivity index (χ4v) is 2.30. The van der Waals surface area contributed by atoms with Crippen LogP contribution in [0.2, 0.25) is 0 Å². The van der Waals surface area contributed by atoms with Crippen LogP contribution in [-0.4, -0.2) is 20.6 Å². The van der Waals surface area contributed by atoms with Gasteiger partial charge in [0.05, 0.1) is 6.04 Å². The number of aromatic nitrogens is 4. The number of H-pyrrole nitrogens is 1. The molecule has 0 aliphatic rings. The Morgan fingerprint density at radius 3 is 2.45 bits per heavy atom. The maximum absolute atomic E-state index is 4.05. The smallest absolute Gasteiger partial charge is 0.191 e. The lowest BCUT2D eigenvalue weighted by Gasteiger charge is -2.29. The van der Waals surface area contributed by atoms with Crippen LogP contribution >= 0.6 is 0 Å². The van der Waals surface area contributed by atoms with Gasteiger partial charge in [-0.1, -0.05) is 56.3 Å². The van der Waals surface area contributed by atoms with E-state index in [0.717, 1.165) is 6.42 Å². The van der Waals surface area contributed by atoms with Crippen LogP contribution in [0.3, 0.4) is 0 Å². The van der Waals surface area contributed by atoms with E-state index in [4.69, 9.17) is 0 Å². The lowest BCUT2D eigenvalue weighted by molar-refractivity contribution is 0.295. The summed E-state index contributed by atoms with van der Waals surface area (Å²) in [6.45, 7) is 8.82. The molecule has 0 radical (unpaired) electrons. The van der Waals surface area contributed by atoms with E-state index >= 15 is 0 Å². The molecule has 2 rings (SSSR count). The van der Waals surface area contributed by atoms with E-state index in [0.29, 0.717) is 5.82 Å². The van der Waals surface area contributed by atoms with Crippen LogP contribution in [-0.2, 0) is 0 Å². The van der Waals surface area contributed by atoms with Gasteiger partial charge in [0.1, 0.15) is 0 Å². The maximum atomic E-state index is 4.05. The highest BCUT2D eigenvalue weighted by molar-refractivity contribution is 5.19. The number of aromatic amines is 1. The van der Waals surface area contributed by atoms with Gasteiger partial charge in [0.25, 0.3) is 0 Å². The molecule has 0 saturated carbocycles. The molecular weight excluding hydrogens is 250 g/mol. The Morgan fingerprint density at radius 2 is 1.90 bits per heavy atom. The Labute approximate surface area is 120 Å². The summed E-state index contributed by atoms with van der Waals surface area (Å²) in [6.07, 6.45) is 1.04. The third kappa shape index (κ3) is 4.13. The summed E-state index contributed by atoms with van der Waals surface area (Å²) in [5.41, 5.74) is 1.53. The molecule has 0 spiro atoms. The molecule has 5 heteroatoms. The second-order valence-corrected chi connectivity index (χ2v) is 6.39. The fourth-order valence-electron chi connectivity index (χ4n) is 2.30. The lowest BCUT2D eigenvalue weighted by Crippen LogP contribution is -2.28. The molecule has 0 aliphatic heterocycles. The van der Waals surface area contributed by atoms with Crippen LogP contribution in [0.25, 0.3) is 0 Å². The Morgan fingerprint density at radius 1 is 1.20 bits per heavy atom. The first-order chi connectivity index (χ1) is 9.46. The Bertz CT molecular complexity index is 501. The number of nitrogens with zero attached hydrogens (tertiary/aromatic N) is 3. The molecular formula is C15H23N5. The zero-order chi connectivity index (χ0) is 14.6. The predicted molar refractivity (Wildman–Crippen MR) is 79.0 cm³/mol. The van der Waals surface area contributed by atoms with Crippen molar-refractivity contribution < 1.29 is 0 Å². The molecule has 0 aliphatic carbocycles. The number of rotatable bonds is 5. The molecule has 1 heterocycles. The van der Waals surface area contributed by atoms with Crippen molar-refractivity contribution in [3.8, 4) is 0 Å². The first kappa shape index (κ1) is 14.7. The highest BCUT2D eigenvalue weighted by Gasteiger charge is 2.23. The maximum Gasteiger partial charge on any atom is 0.191 e. The fraction of sp³-hybridized carbons (Fsp3) is 0.533. The summed E-state index contributed by atoms with van der Waals surface area (Å²) < 4.78 is 0. The molecule has 0 amide bonds. The van der Waals surface area contributed by atoms with E-state index in [-0.39, 0.29) is 17.5 Å². The van der Waals surface area contributed by atoms with E-state index in [9.17, 15) is 0 Å². The highest BCUT2D eigenvalue weighted by atomic mass is 15.5. The zero-order valence-corrected chi connectivity index (χ0v) is 12.6. The van der Waals surface area contributed by atoms with E-state index in [1.807, 2.05) is 6.07 Å². The third-order valence-electron chi connectivity index (χ3n) is 3.22. The lowest BCUT2D eigenvalue weighted by atomic mass is 9.85. The number of nitrogens with one attached hydrogen (secondary N) is 2. The van der Waals surface area contributed by atoms with Gasteiger partial charge in [-0.3, -0.25) is 0 Å². The largest absolute Gasteiger partial charge is 0.300 e. The topological polar surface area (TPSA) is 66.5 Å². The number of tetrazole rings is 1. The molecule has 2 N–H and O–H groups in total. The Kier molecular flexibility index (Phi) is 4.49. The first-order valence-electron chi connectivity index (χ1n) is 7.00. The summed E-state index contributed by atoms with van der Waals surface area (Å²) in [5, 5.41) is 17.8. The normalized spacial score (nSPS) is 15.0. The molecule has 108 valence electrons. The molecule has 0 fully saturated rings. The molecule has 2 unspecified atom stereocenters. The van der Waals surface area contributed by atoms with Gasteiger partial charge < -0.3 is 5.32 Å². The van der Waals surface area contributed by atoms with Crippen molar-refractivity contribution in [3.05, 3.63) is 41.7 Å². The number of benzene rings is 1. The molecule has 5 nitrogen and oxygen atoms in total. The summed E-state index contributed by atoms with van der Waals surface area (Å²) in [4.78, 5) is 0. The van der Waals surface area contributed by atoms with Gasteiger partial charge in [-0.05, 0) is 24.3 Å². The summed E-state index contributed by atoms with van der Waals surface area (Å²) in [7, 11) is 0. The summed E-state index contributed by atoms with van der Waals surface area (Å²) in [5.74, 6) is 0.694. The minimum Gasteiger partial charge on any atom is -0.300 e. The Hall–Kier alpha value is -1.75. The summed E-state index contributed by atoms with van der Waals surface area (Å²) in [6, 6.07) is 10.8. The van der Waals surface area contributed by atoms with Crippen LogP contribution in [0.4, 0.5) is 0 Å². The van der Waals surface area contributed by atoms with Crippen LogP contribution in [0.1, 0.15) is 57.6 Å². The highest BCUT2D eigenvalue weighted by Crippen LogP contribution is 2.30. The van der Waals surface area contributed by atoms with E-state index < -0.39 is 0 Å². The van der Waals surface area contributed by atoms with Crippen LogP contribution < -0.4 is 5.32 Å². The van der Waals surface area contributed by atoms with E-state index in [2.05, 4.69) is 77.9 Å². The van der Waals surface area contributed by atoms with Crippen molar-refractivity contribution in [1.29, 1.82) is 0 Å². The quantitative estimate of drug-likeness (QED) is 0.878. The monoisotopic (exact) mass is 273 g/mol. The summed E-state index contributed by atoms with van der Waals surface area (Å²) >= 11 is 0. The number of hydrogen-bond acceptors (Lipinski definition) is 4. The van der Waals surface area contributed by atoms with Crippen molar-refractivity contribution in [1.82, 2.24) is 25.9 Å². The molecule has 2 aromatic rings. The van der Waals surface area contributed by atoms with Crippen molar-refractivity contribution in [3.63, 3.8) is 0 Å². The van der Waals surface area contributed by atoms with Gasteiger partial charge in [-0.2, -0.15) is 5.21 Å². The zero-order valence-electron chi connectivity index (χ0n) is 12.6. The molecule has 0 bridgehead atoms. The standard InChI is InChI=1S/C15H23N5/c1-11(14-17-19-20-18-14)16-13(10-15(2,3)4)12-8-6-5-7-9-12/h5-9,11,13,16H,10H2,1-4H3,(H,17,18,19,20). The van der Waals surface area contributed by atoms with Crippen LogP contribution in [0.5, 0.6) is 0 Å². The van der Waals surface area contributed by atoms with Crippen molar-refractivity contribution >= 4 is 0 Å². The van der Waals surface area contributed by atoms with Crippen molar-refractivity contribution in [2.24, 2.45) is 5.41 Å². The Balaban J connectivity index is 2.15. The van der Waals surface area contributed by atoms with Gasteiger partial charge in [0.2, 0.25) is 0 Å². The minimum absolute atomic E-state index is 0.0568. The molecule has 20 heavy (non-hydrogen) atoms. The molecule has 2 atom stereocenters.